The number of ketones is 1. The van der Waals surface area contributed by atoms with Crippen molar-refractivity contribution >= 4 is 16.8 Å². The van der Waals surface area contributed by atoms with E-state index in [0.717, 1.165) is 0 Å². The number of fused-ring (bicyclic) bond motifs is 1. The first-order valence-corrected chi connectivity index (χ1v) is 7.88. The molecule has 0 bridgehead atoms. The molecule has 1 aliphatic carbocycles. The Hall–Kier alpha value is -2.04. The SMILES string of the molecule is O=C(CCC1CCC(F)(F)CC1)c1cc(=O)c2ccccc2o1. The zero-order valence-electron chi connectivity index (χ0n) is 12.7. The molecule has 0 saturated heterocycles. The first-order valence-electron chi connectivity index (χ1n) is 7.88. The van der Waals surface area contributed by atoms with Crippen molar-refractivity contribution in [3.8, 4) is 0 Å². The summed E-state index contributed by atoms with van der Waals surface area (Å²) in [5.41, 5.74) is 0.146. The van der Waals surface area contributed by atoms with Crippen molar-refractivity contribution in [2.75, 3.05) is 0 Å². The second-order valence-corrected chi connectivity index (χ2v) is 6.23. The second-order valence-electron chi connectivity index (χ2n) is 6.23. The van der Waals surface area contributed by atoms with Gasteiger partial charge in [0.25, 0.3) is 0 Å². The number of Topliss-reactive ketones (excluding diaryl/α,β-unsaturated/α-hetero) is 1. The molecule has 0 N–H and O–H groups in total. The number of hydrogen-bond donors (Lipinski definition) is 0. The molecule has 5 heteroatoms. The number of benzene rings is 1. The van der Waals surface area contributed by atoms with Gasteiger partial charge in [-0.15, -0.1) is 0 Å². The third kappa shape index (κ3) is 3.66. The van der Waals surface area contributed by atoms with Crippen molar-refractivity contribution in [1.82, 2.24) is 0 Å². The number of rotatable bonds is 4. The summed E-state index contributed by atoms with van der Waals surface area (Å²) in [4.78, 5) is 24.2. The molecule has 0 aliphatic heterocycles. The smallest absolute Gasteiger partial charge is 0.248 e. The summed E-state index contributed by atoms with van der Waals surface area (Å²) >= 11 is 0. The van der Waals surface area contributed by atoms with Crippen LogP contribution in [-0.2, 0) is 0 Å². The largest absolute Gasteiger partial charge is 0.453 e. The van der Waals surface area contributed by atoms with Gasteiger partial charge in [-0.05, 0) is 37.3 Å². The zero-order chi connectivity index (χ0) is 16.4. The van der Waals surface area contributed by atoms with Crippen molar-refractivity contribution in [1.29, 1.82) is 0 Å². The Morgan fingerprint density at radius 3 is 2.65 bits per heavy atom. The third-order valence-corrected chi connectivity index (χ3v) is 4.53. The summed E-state index contributed by atoms with van der Waals surface area (Å²) in [5.74, 6) is -2.60. The molecule has 1 aromatic heterocycles. The maximum absolute atomic E-state index is 13.1. The first kappa shape index (κ1) is 15.8. The van der Waals surface area contributed by atoms with Gasteiger partial charge in [0.2, 0.25) is 5.92 Å². The molecule has 0 amide bonds. The van der Waals surface area contributed by atoms with Gasteiger partial charge in [0.1, 0.15) is 5.58 Å². The summed E-state index contributed by atoms with van der Waals surface area (Å²) in [6.07, 6.45) is 1.47. The Bertz CT molecular complexity index is 769. The van der Waals surface area contributed by atoms with Crippen LogP contribution in [0.4, 0.5) is 8.78 Å². The fourth-order valence-corrected chi connectivity index (χ4v) is 3.09. The van der Waals surface area contributed by atoms with Gasteiger partial charge < -0.3 is 4.42 Å². The average molecular weight is 320 g/mol. The normalized spacial score (nSPS) is 18.2. The lowest BCUT2D eigenvalue weighted by atomic mass is 9.83. The van der Waals surface area contributed by atoms with Crippen LogP contribution in [0.3, 0.4) is 0 Å². The highest BCUT2D eigenvalue weighted by Crippen LogP contribution is 2.37. The van der Waals surface area contributed by atoms with Crippen molar-refractivity contribution in [2.24, 2.45) is 5.92 Å². The third-order valence-electron chi connectivity index (χ3n) is 4.53. The molecular formula is C18H18F2O3. The molecule has 1 aromatic carbocycles. The van der Waals surface area contributed by atoms with E-state index in [0.29, 0.717) is 30.2 Å². The fraction of sp³-hybridized carbons (Fsp3) is 0.444. The number of hydrogen-bond acceptors (Lipinski definition) is 3. The van der Waals surface area contributed by atoms with Crippen LogP contribution < -0.4 is 5.43 Å². The minimum absolute atomic E-state index is 0.0508. The molecule has 0 unspecified atom stereocenters. The molecule has 1 saturated carbocycles. The lowest BCUT2D eigenvalue weighted by Gasteiger charge is -2.27. The van der Waals surface area contributed by atoms with Crippen molar-refractivity contribution in [3.05, 3.63) is 46.3 Å². The highest BCUT2D eigenvalue weighted by Gasteiger charge is 2.34. The number of halogens is 2. The fourth-order valence-electron chi connectivity index (χ4n) is 3.09. The van der Waals surface area contributed by atoms with E-state index < -0.39 is 5.92 Å². The van der Waals surface area contributed by atoms with Crippen molar-refractivity contribution < 1.29 is 18.0 Å². The van der Waals surface area contributed by atoms with Crippen LogP contribution in [0.2, 0.25) is 0 Å². The molecule has 1 aliphatic rings. The summed E-state index contributed by atoms with van der Waals surface area (Å²) in [6.45, 7) is 0. The van der Waals surface area contributed by atoms with E-state index in [2.05, 4.69) is 0 Å². The molecule has 122 valence electrons. The van der Waals surface area contributed by atoms with E-state index in [1.54, 1.807) is 24.3 Å². The molecule has 0 spiro atoms. The van der Waals surface area contributed by atoms with Crippen LogP contribution in [0, 0.1) is 5.92 Å². The molecule has 3 nitrogen and oxygen atoms in total. The van der Waals surface area contributed by atoms with Crippen LogP contribution in [0.15, 0.2) is 39.5 Å². The first-order chi connectivity index (χ1) is 10.9. The maximum Gasteiger partial charge on any atom is 0.248 e. The van der Waals surface area contributed by atoms with Gasteiger partial charge in [-0.3, -0.25) is 9.59 Å². The summed E-state index contributed by atoms with van der Waals surface area (Å²) in [5, 5.41) is 0.443. The predicted molar refractivity (Wildman–Crippen MR) is 83.0 cm³/mol. The molecule has 23 heavy (non-hydrogen) atoms. The van der Waals surface area contributed by atoms with E-state index in [1.807, 2.05) is 0 Å². The van der Waals surface area contributed by atoms with Crippen LogP contribution >= 0.6 is 0 Å². The number of para-hydroxylation sites is 1. The Morgan fingerprint density at radius 1 is 1.22 bits per heavy atom. The number of carbonyl (C=O) groups excluding carboxylic acids is 1. The Morgan fingerprint density at radius 2 is 1.91 bits per heavy atom. The standard InChI is InChI=1S/C18H18F2O3/c19-18(20)9-7-12(8-10-18)5-6-14(21)17-11-15(22)13-3-1-2-4-16(13)23-17/h1-4,11-12H,5-10H2. The summed E-state index contributed by atoms with van der Waals surface area (Å²) in [7, 11) is 0. The minimum atomic E-state index is -2.55. The van der Waals surface area contributed by atoms with Crippen molar-refractivity contribution in [3.63, 3.8) is 0 Å². The van der Waals surface area contributed by atoms with Gasteiger partial charge in [-0.25, -0.2) is 8.78 Å². The average Bonchev–Trinajstić information content (AvgIpc) is 2.53. The highest BCUT2D eigenvalue weighted by molar-refractivity contribution is 5.94. The van der Waals surface area contributed by atoms with E-state index in [4.69, 9.17) is 4.42 Å². The van der Waals surface area contributed by atoms with E-state index in [9.17, 15) is 18.4 Å². The van der Waals surface area contributed by atoms with Crippen LogP contribution in [-0.4, -0.2) is 11.7 Å². The highest BCUT2D eigenvalue weighted by atomic mass is 19.3. The van der Waals surface area contributed by atoms with Crippen LogP contribution in [0.25, 0.3) is 11.0 Å². The van der Waals surface area contributed by atoms with Gasteiger partial charge >= 0.3 is 0 Å². The lowest BCUT2D eigenvalue weighted by Crippen LogP contribution is -2.24. The Labute approximate surface area is 132 Å². The van der Waals surface area contributed by atoms with Gasteiger partial charge in [0, 0.05) is 25.3 Å². The Kier molecular flexibility index (Phi) is 4.28. The molecule has 0 atom stereocenters. The number of alkyl halides is 2. The van der Waals surface area contributed by atoms with Gasteiger partial charge in [0.05, 0.1) is 5.39 Å². The zero-order valence-corrected chi connectivity index (χ0v) is 12.7. The summed E-state index contributed by atoms with van der Waals surface area (Å²) < 4.78 is 31.7. The molecule has 0 radical (unpaired) electrons. The topological polar surface area (TPSA) is 47.3 Å². The molecular weight excluding hydrogens is 302 g/mol. The van der Waals surface area contributed by atoms with Gasteiger partial charge in [-0.2, -0.15) is 0 Å². The molecule has 2 aromatic rings. The quantitative estimate of drug-likeness (QED) is 0.775. The maximum atomic E-state index is 13.1. The second kappa shape index (κ2) is 6.22. The van der Waals surface area contributed by atoms with Crippen LogP contribution in [0.1, 0.15) is 49.1 Å². The van der Waals surface area contributed by atoms with E-state index in [-0.39, 0.29) is 42.2 Å². The van der Waals surface area contributed by atoms with Crippen molar-refractivity contribution in [2.45, 2.75) is 44.4 Å². The molecule has 1 heterocycles. The minimum Gasteiger partial charge on any atom is -0.453 e. The van der Waals surface area contributed by atoms with E-state index >= 15 is 0 Å². The predicted octanol–water partition coefficient (Wildman–Crippen LogP) is 4.58. The Balaban J connectivity index is 1.66. The molecule has 1 fully saturated rings. The number of carbonyl (C=O) groups is 1. The monoisotopic (exact) mass is 320 g/mol. The van der Waals surface area contributed by atoms with E-state index in [1.165, 1.54) is 6.07 Å². The molecule has 3 rings (SSSR count). The van der Waals surface area contributed by atoms with Gasteiger partial charge in [0.15, 0.2) is 17.0 Å². The lowest BCUT2D eigenvalue weighted by molar-refractivity contribution is -0.0464. The van der Waals surface area contributed by atoms with Gasteiger partial charge in [-0.1, -0.05) is 12.1 Å². The van der Waals surface area contributed by atoms with Crippen LogP contribution in [0.5, 0.6) is 0 Å². The summed E-state index contributed by atoms with van der Waals surface area (Å²) in [6, 6.07) is 8.00.